The normalized spacial score (nSPS) is 25.2. The highest BCUT2D eigenvalue weighted by molar-refractivity contribution is 8.03. The smallest absolute Gasteiger partial charge is 0.353 e. The monoisotopic (exact) mass is 401 g/mol. The first-order valence-electron chi connectivity index (χ1n) is 9.37. The zero-order chi connectivity index (χ0) is 20.2. The Labute approximate surface area is 167 Å². The minimum absolute atomic E-state index is 0.0797. The summed E-state index contributed by atoms with van der Waals surface area (Å²) in [5.41, 5.74) is 3.05. The van der Waals surface area contributed by atoms with Crippen LogP contribution in [0.15, 0.2) is 35.0 Å². The molecule has 148 valence electrons. The van der Waals surface area contributed by atoms with E-state index in [0.717, 1.165) is 21.9 Å². The molecule has 7 nitrogen and oxygen atoms in total. The lowest BCUT2D eigenvalue weighted by Gasteiger charge is -2.46. The van der Waals surface area contributed by atoms with Gasteiger partial charge in [0, 0.05) is 34.9 Å². The van der Waals surface area contributed by atoms with Crippen molar-refractivity contribution >= 4 is 29.3 Å². The van der Waals surface area contributed by atoms with Gasteiger partial charge >= 0.3 is 5.97 Å². The van der Waals surface area contributed by atoms with Gasteiger partial charge in [0.2, 0.25) is 5.91 Å². The summed E-state index contributed by atoms with van der Waals surface area (Å²) in [4.78, 5) is 30.9. The van der Waals surface area contributed by atoms with Crippen LogP contribution < -0.4 is 0 Å². The molecule has 1 saturated heterocycles. The topological polar surface area (TPSA) is 95.1 Å². The van der Waals surface area contributed by atoms with Crippen molar-refractivity contribution in [2.45, 2.75) is 39.3 Å². The Morgan fingerprint density at radius 3 is 2.79 bits per heavy atom. The van der Waals surface area contributed by atoms with Crippen molar-refractivity contribution in [2.24, 2.45) is 11.8 Å². The third-order valence-electron chi connectivity index (χ3n) is 5.77. The summed E-state index contributed by atoms with van der Waals surface area (Å²) in [5, 5.41) is 19.6. The van der Waals surface area contributed by atoms with Gasteiger partial charge < -0.3 is 19.5 Å². The average Bonchev–Trinajstić information content (AvgIpc) is 3.08. The Hall–Kier alpha value is -2.32. The van der Waals surface area contributed by atoms with E-state index in [0.29, 0.717) is 12.2 Å². The van der Waals surface area contributed by atoms with Crippen LogP contribution in [-0.4, -0.2) is 54.3 Å². The highest BCUT2D eigenvalue weighted by atomic mass is 32.2. The van der Waals surface area contributed by atoms with Crippen LogP contribution in [0, 0.1) is 18.8 Å². The van der Waals surface area contributed by atoms with E-state index >= 15 is 0 Å². The molecule has 2 aromatic heterocycles. The number of nitrogens with zero attached hydrogens (tertiary/aromatic N) is 3. The van der Waals surface area contributed by atoms with E-state index in [1.807, 2.05) is 42.6 Å². The number of carboxylic acid groups (broad SMARTS) is 1. The first kappa shape index (κ1) is 19.0. The van der Waals surface area contributed by atoms with Gasteiger partial charge in [-0.1, -0.05) is 13.0 Å². The molecule has 0 spiro atoms. The number of hydrogen-bond donors (Lipinski definition) is 2. The molecule has 0 saturated carbocycles. The van der Waals surface area contributed by atoms with Crippen LogP contribution in [0.4, 0.5) is 0 Å². The third kappa shape index (κ3) is 2.74. The van der Waals surface area contributed by atoms with Gasteiger partial charge in [0.25, 0.3) is 0 Å². The number of hydrogen-bond acceptors (Lipinski definition) is 5. The standard InChI is InChI=1S/C20H23N3O4S/c1-10-16-15(12(3)24)19(25)23(16)17(20(26)27)18(10)28-9-7-13-11(2)22-8-5-4-6-14(22)21-13/h4-6,8,10,12,15-16,24H,7,9H2,1-3H3,(H,26,27)/t10?,12-,15-,16-/m1/s1. The van der Waals surface area contributed by atoms with Gasteiger partial charge in [0.1, 0.15) is 11.3 Å². The Bertz CT molecular complexity index is 996. The number of imidazole rings is 1. The van der Waals surface area contributed by atoms with Crippen LogP contribution in [0.25, 0.3) is 5.65 Å². The first-order chi connectivity index (χ1) is 13.3. The van der Waals surface area contributed by atoms with Gasteiger partial charge in [-0.3, -0.25) is 4.79 Å². The molecule has 4 rings (SSSR count). The van der Waals surface area contributed by atoms with E-state index in [4.69, 9.17) is 0 Å². The number of aliphatic hydroxyl groups is 1. The number of aryl methyl sites for hydroxylation is 2. The number of carboxylic acids is 1. The van der Waals surface area contributed by atoms with Crippen LogP contribution in [0.1, 0.15) is 25.2 Å². The van der Waals surface area contributed by atoms with Gasteiger partial charge in [-0.2, -0.15) is 0 Å². The summed E-state index contributed by atoms with van der Waals surface area (Å²) < 4.78 is 2.04. The maximum Gasteiger partial charge on any atom is 0.353 e. The second-order valence-electron chi connectivity index (χ2n) is 7.44. The van der Waals surface area contributed by atoms with E-state index in [2.05, 4.69) is 4.98 Å². The van der Waals surface area contributed by atoms with Crippen molar-refractivity contribution in [3.63, 3.8) is 0 Å². The second kappa shape index (κ2) is 6.93. The molecule has 4 heterocycles. The van der Waals surface area contributed by atoms with Gasteiger partial charge in [-0.05, 0) is 26.0 Å². The molecule has 1 amide bonds. The molecule has 2 aliphatic heterocycles. The Balaban J connectivity index is 1.53. The van der Waals surface area contributed by atoms with Gasteiger partial charge in [0.15, 0.2) is 0 Å². The number of amides is 1. The van der Waals surface area contributed by atoms with E-state index < -0.39 is 18.0 Å². The maximum absolute atomic E-state index is 12.4. The lowest BCUT2D eigenvalue weighted by atomic mass is 9.79. The molecule has 0 radical (unpaired) electrons. The Morgan fingerprint density at radius 2 is 2.14 bits per heavy atom. The number of rotatable bonds is 6. The third-order valence-corrected chi connectivity index (χ3v) is 7.06. The number of aliphatic carboxylic acids is 1. The summed E-state index contributed by atoms with van der Waals surface area (Å²) in [7, 11) is 0. The quantitative estimate of drug-likeness (QED) is 0.720. The summed E-state index contributed by atoms with van der Waals surface area (Å²) in [6.45, 7) is 5.55. The van der Waals surface area contributed by atoms with Crippen LogP contribution in [0.3, 0.4) is 0 Å². The molecule has 2 aliphatic rings. The summed E-state index contributed by atoms with van der Waals surface area (Å²) in [6.07, 6.45) is 1.90. The SMILES string of the molecule is Cc1c(CCSC2=C(C(=O)O)N3C(=O)[C@H]([C@@H](C)O)[C@H]3C2C)nc2ccccn12. The van der Waals surface area contributed by atoms with Crippen molar-refractivity contribution in [1.82, 2.24) is 14.3 Å². The number of thioether (sulfide) groups is 1. The van der Waals surface area contributed by atoms with E-state index in [9.17, 15) is 19.8 Å². The average molecular weight is 401 g/mol. The van der Waals surface area contributed by atoms with Crippen molar-refractivity contribution in [1.29, 1.82) is 0 Å². The number of carbonyl (C=O) groups is 2. The Morgan fingerprint density at radius 1 is 1.39 bits per heavy atom. The summed E-state index contributed by atoms with van der Waals surface area (Å²) in [5.74, 6) is -1.33. The summed E-state index contributed by atoms with van der Waals surface area (Å²) >= 11 is 1.48. The molecule has 1 fully saturated rings. The number of fused-ring (bicyclic) bond motifs is 2. The van der Waals surface area contributed by atoms with Crippen LogP contribution in [-0.2, 0) is 16.0 Å². The number of aromatic nitrogens is 2. The number of pyridine rings is 1. The molecule has 2 N–H and O–H groups in total. The first-order valence-corrected chi connectivity index (χ1v) is 10.4. The minimum Gasteiger partial charge on any atom is -0.477 e. The van der Waals surface area contributed by atoms with Crippen LogP contribution in [0.5, 0.6) is 0 Å². The highest BCUT2D eigenvalue weighted by Gasteiger charge is 2.59. The molecular weight excluding hydrogens is 378 g/mol. The molecule has 0 aromatic carbocycles. The van der Waals surface area contributed by atoms with Crippen LogP contribution >= 0.6 is 11.8 Å². The molecule has 1 unspecified atom stereocenters. The number of β-lactam (4-membered cyclic amide) rings is 1. The molecule has 0 bridgehead atoms. The fraction of sp³-hybridized carbons (Fsp3) is 0.450. The fourth-order valence-electron chi connectivity index (χ4n) is 4.38. The van der Waals surface area contributed by atoms with E-state index in [1.165, 1.54) is 16.7 Å². The zero-order valence-electron chi connectivity index (χ0n) is 16.0. The van der Waals surface area contributed by atoms with Crippen molar-refractivity contribution in [3.8, 4) is 0 Å². The van der Waals surface area contributed by atoms with Gasteiger partial charge in [-0.15, -0.1) is 11.8 Å². The Kier molecular flexibility index (Phi) is 4.71. The van der Waals surface area contributed by atoms with E-state index in [1.54, 1.807) is 6.92 Å². The van der Waals surface area contributed by atoms with Gasteiger partial charge in [-0.25, -0.2) is 9.78 Å². The highest BCUT2D eigenvalue weighted by Crippen LogP contribution is 2.50. The minimum atomic E-state index is -1.09. The van der Waals surface area contributed by atoms with Gasteiger partial charge in [0.05, 0.1) is 23.8 Å². The largest absolute Gasteiger partial charge is 0.477 e. The molecular formula is C20H23N3O4S. The summed E-state index contributed by atoms with van der Waals surface area (Å²) in [6, 6.07) is 5.60. The zero-order valence-corrected chi connectivity index (χ0v) is 16.8. The molecule has 0 aliphatic carbocycles. The van der Waals surface area contributed by atoms with Crippen molar-refractivity contribution in [3.05, 3.63) is 46.4 Å². The number of aliphatic hydroxyl groups excluding tert-OH is 1. The van der Waals surface area contributed by atoms with Crippen LogP contribution in [0.2, 0.25) is 0 Å². The maximum atomic E-state index is 12.4. The molecule has 2 aromatic rings. The lowest BCUT2D eigenvalue weighted by Crippen LogP contribution is -2.63. The predicted molar refractivity (Wildman–Crippen MR) is 106 cm³/mol. The molecule has 28 heavy (non-hydrogen) atoms. The second-order valence-corrected chi connectivity index (χ2v) is 8.58. The molecule has 4 atom stereocenters. The van der Waals surface area contributed by atoms with E-state index in [-0.39, 0.29) is 23.6 Å². The number of carbonyl (C=O) groups excluding carboxylic acids is 1. The predicted octanol–water partition coefficient (Wildman–Crippen LogP) is 2.07. The molecule has 8 heteroatoms. The van der Waals surface area contributed by atoms with Crippen molar-refractivity contribution < 1.29 is 19.8 Å². The lowest BCUT2D eigenvalue weighted by molar-refractivity contribution is -0.163. The fourth-order valence-corrected chi connectivity index (χ4v) is 5.62. The van der Waals surface area contributed by atoms with Crippen molar-refractivity contribution in [2.75, 3.05) is 5.75 Å².